The van der Waals surface area contributed by atoms with Crippen molar-refractivity contribution in [3.8, 4) is 12.8 Å². The molecule has 0 radical (unpaired) electrons. The van der Waals surface area contributed by atoms with Crippen LogP contribution in [0.15, 0.2) is 76.8 Å². The van der Waals surface area contributed by atoms with Crippen LogP contribution in [0.4, 0.5) is 8.78 Å². The molecule has 1 unspecified atom stereocenters. The number of hydrogen-bond donors (Lipinski definition) is 1. The molecule has 0 aromatic carbocycles. The lowest BCUT2D eigenvalue weighted by molar-refractivity contribution is 0.114. The monoisotopic (exact) mass is 457 g/mol. The van der Waals surface area contributed by atoms with Crippen LogP contribution in [0.25, 0.3) is 0 Å². The van der Waals surface area contributed by atoms with Crippen molar-refractivity contribution in [2.75, 3.05) is 13.1 Å². The summed E-state index contributed by atoms with van der Waals surface area (Å²) >= 11 is 0. The summed E-state index contributed by atoms with van der Waals surface area (Å²) in [4.78, 5) is 7.08. The molecule has 1 fully saturated rings. The minimum Gasteiger partial charge on any atom is -0.472 e. The number of nitrogens with zero attached hydrogens (tertiary/aromatic N) is 2. The third-order valence-corrected chi connectivity index (χ3v) is 5.30. The number of aliphatic imine (C=N–C) groups is 1. The molecular weight excluding hydrogens is 420 g/mol. The van der Waals surface area contributed by atoms with E-state index in [0.29, 0.717) is 31.2 Å². The first-order valence-corrected chi connectivity index (χ1v) is 11.4. The second-order valence-electron chi connectivity index (χ2n) is 7.95. The van der Waals surface area contributed by atoms with E-state index in [1.54, 1.807) is 25.2 Å². The summed E-state index contributed by atoms with van der Waals surface area (Å²) in [5.74, 6) is -0.0325. The highest BCUT2D eigenvalue weighted by atomic mass is 19.1. The van der Waals surface area contributed by atoms with Crippen LogP contribution in [-0.4, -0.2) is 35.8 Å². The number of halogens is 2. The Balaban J connectivity index is 0.00000265. The van der Waals surface area contributed by atoms with E-state index in [4.69, 9.17) is 15.5 Å². The van der Waals surface area contributed by atoms with Crippen molar-refractivity contribution in [3.05, 3.63) is 71.8 Å². The van der Waals surface area contributed by atoms with E-state index in [1.165, 1.54) is 18.4 Å². The Labute approximate surface area is 198 Å². The zero-order valence-corrected chi connectivity index (χ0v) is 20.0. The molecule has 1 atom stereocenters. The van der Waals surface area contributed by atoms with Crippen molar-refractivity contribution in [3.63, 3.8) is 0 Å². The van der Waals surface area contributed by atoms with Crippen molar-refractivity contribution in [2.24, 2.45) is 10.7 Å². The number of rotatable bonds is 9. The van der Waals surface area contributed by atoms with Gasteiger partial charge < -0.3 is 10.5 Å². The van der Waals surface area contributed by atoms with Crippen molar-refractivity contribution in [1.29, 1.82) is 0 Å². The molecule has 0 aromatic heterocycles. The maximum Gasteiger partial charge on any atom is 0.229 e. The molecule has 0 spiro atoms. The second kappa shape index (κ2) is 15.8. The van der Waals surface area contributed by atoms with Crippen LogP contribution in [-0.2, 0) is 4.74 Å². The fraction of sp³-hybridized carbons (Fsp3) is 0.444. The molecule has 0 amide bonds. The number of nitrogens with two attached hydrogens (primary N) is 1. The highest BCUT2D eigenvalue weighted by Crippen LogP contribution is 2.21. The third kappa shape index (κ3) is 10.5. The van der Waals surface area contributed by atoms with E-state index in [1.807, 2.05) is 12.2 Å². The highest BCUT2D eigenvalue weighted by Gasteiger charge is 2.26. The lowest BCUT2D eigenvalue weighted by Gasteiger charge is -2.20. The molecule has 1 aliphatic carbocycles. The van der Waals surface area contributed by atoms with E-state index in [9.17, 15) is 8.78 Å². The normalized spacial score (nSPS) is 23.9. The molecule has 4 nitrogen and oxygen atoms in total. The lowest BCUT2D eigenvalue weighted by Crippen LogP contribution is -2.29. The van der Waals surface area contributed by atoms with Crippen LogP contribution >= 0.6 is 0 Å². The Morgan fingerprint density at radius 2 is 2.12 bits per heavy atom. The van der Waals surface area contributed by atoms with Gasteiger partial charge in [-0.2, -0.15) is 0 Å². The van der Waals surface area contributed by atoms with Gasteiger partial charge in [0.25, 0.3) is 0 Å². The minimum absolute atomic E-state index is 0.0461. The predicted molar refractivity (Wildman–Crippen MR) is 135 cm³/mol. The van der Waals surface area contributed by atoms with Gasteiger partial charge >= 0.3 is 0 Å². The molecule has 2 N–H and O–H groups in total. The van der Waals surface area contributed by atoms with Crippen molar-refractivity contribution < 1.29 is 13.5 Å². The van der Waals surface area contributed by atoms with Gasteiger partial charge in [0.1, 0.15) is 17.8 Å². The summed E-state index contributed by atoms with van der Waals surface area (Å²) in [5, 5.41) is 0. The molecule has 1 saturated heterocycles. The van der Waals surface area contributed by atoms with Crippen LogP contribution in [0.3, 0.4) is 0 Å². The zero-order chi connectivity index (χ0) is 24.6. The van der Waals surface area contributed by atoms with Gasteiger partial charge in [-0.05, 0) is 64.2 Å². The van der Waals surface area contributed by atoms with E-state index in [0.717, 1.165) is 30.8 Å². The number of terminal acetylenes is 1. The van der Waals surface area contributed by atoms with Crippen LogP contribution in [0.2, 0.25) is 0 Å². The molecule has 1 aliphatic heterocycles. The fourth-order valence-electron chi connectivity index (χ4n) is 3.48. The molecule has 0 saturated carbocycles. The van der Waals surface area contributed by atoms with Crippen molar-refractivity contribution >= 4 is 5.71 Å². The summed E-state index contributed by atoms with van der Waals surface area (Å²) in [7, 11) is 0. The van der Waals surface area contributed by atoms with Gasteiger partial charge in [-0.15, -0.1) is 12.8 Å². The fourth-order valence-corrected chi connectivity index (χ4v) is 3.48. The number of likely N-dealkylation sites (tertiary alicyclic amines) is 1. The molecular formula is C27H37F2N3O. The molecule has 2 rings (SSSR count). The first kappa shape index (κ1) is 28.1. The zero-order valence-electron chi connectivity index (χ0n) is 20.0. The predicted octanol–water partition coefficient (Wildman–Crippen LogP) is 6.27. The van der Waals surface area contributed by atoms with Gasteiger partial charge in [-0.3, -0.25) is 4.90 Å². The Bertz CT molecular complexity index is 845. The molecule has 2 aliphatic rings. The average Bonchev–Trinajstić information content (AvgIpc) is 3.27. The molecule has 33 heavy (non-hydrogen) atoms. The average molecular weight is 458 g/mol. The summed E-state index contributed by atoms with van der Waals surface area (Å²) in [5.41, 5.74) is 7.52. The largest absolute Gasteiger partial charge is 0.472 e. The van der Waals surface area contributed by atoms with Gasteiger partial charge in [0.15, 0.2) is 0 Å². The highest BCUT2D eigenvalue weighted by molar-refractivity contribution is 6.03. The van der Waals surface area contributed by atoms with Gasteiger partial charge in [-0.1, -0.05) is 30.4 Å². The molecule has 0 aromatic rings. The molecule has 1 heterocycles. The van der Waals surface area contributed by atoms with E-state index in [2.05, 4.69) is 31.6 Å². The van der Waals surface area contributed by atoms with Gasteiger partial charge in [0.2, 0.25) is 5.88 Å². The topological polar surface area (TPSA) is 50.9 Å². The first-order valence-electron chi connectivity index (χ1n) is 11.4. The number of ether oxygens (including phenoxy) is 1. The first-order chi connectivity index (χ1) is 15.9. The van der Waals surface area contributed by atoms with Crippen molar-refractivity contribution in [2.45, 2.75) is 65.0 Å². The van der Waals surface area contributed by atoms with Crippen LogP contribution in [0.1, 0.15) is 52.9 Å². The SMILES string of the molecule is C#C.C/C=C(F)\C=C/CCC(=N\C(=C/N)OC1CCN(C(C)C)C1)/C1=C/C/C=C(/F)CC=C1. The van der Waals surface area contributed by atoms with Crippen LogP contribution in [0.5, 0.6) is 0 Å². The third-order valence-electron chi connectivity index (χ3n) is 5.30. The molecule has 180 valence electrons. The van der Waals surface area contributed by atoms with Gasteiger partial charge in [0.05, 0.1) is 11.9 Å². The van der Waals surface area contributed by atoms with Crippen molar-refractivity contribution in [1.82, 2.24) is 4.90 Å². The standard InChI is InChI=1S/C25H35F2N3O.C2H2/c1-4-21(26)11-5-6-14-24(20-9-7-12-22(27)13-8-10-20)29-25(17-28)31-23-15-16-30(18-23)19(2)3;1-2/h4-5,7,9-11,13,17,19,23H,6,8,12,14-16,18,28H2,1-3H3;1-2H/b9-7?,11-5-,20-10+,21-4+,22-13+,25-17+,29-24+;. The maximum atomic E-state index is 13.5. The number of allylic oxidation sites excluding steroid dienone is 10. The van der Waals surface area contributed by atoms with E-state index < -0.39 is 0 Å². The summed E-state index contributed by atoms with van der Waals surface area (Å²) in [6.07, 6.45) is 24.1. The quantitative estimate of drug-likeness (QED) is 0.192. The molecule has 6 heteroatoms. The van der Waals surface area contributed by atoms with Crippen LogP contribution < -0.4 is 5.73 Å². The Hall–Kier alpha value is -2.91. The Morgan fingerprint density at radius 3 is 2.76 bits per heavy atom. The second-order valence-corrected chi connectivity index (χ2v) is 7.95. The Kier molecular flexibility index (Phi) is 13.5. The number of hydrogen-bond acceptors (Lipinski definition) is 4. The van der Waals surface area contributed by atoms with E-state index in [-0.39, 0.29) is 24.2 Å². The minimum atomic E-state index is -0.272. The van der Waals surface area contributed by atoms with Crippen LogP contribution in [0, 0.1) is 12.8 Å². The smallest absolute Gasteiger partial charge is 0.229 e. The lowest BCUT2D eigenvalue weighted by atomic mass is 10.0. The van der Waals surface area contributed by atoms with Gasteiger partial charge in [0, 0.05) is 25.6 Å². The summed E-state index contributed by atoms with van der Waals surface area (Å²) in [6.45, 7) is 7.84. The summed E-state index contributed by atoms with van der Waals surface area (Å²) < 4.78 is 33.0. The van der Waals surface area contributed by atoms with Gasteiger partial charge in [-0.25, -0.2) is 13.8 Å². The maximum absolute atomic E-state index is 13.5. The molecule has 0 bridgehead atoms. The van der Waals surface area contributed by atoms with E-state index >= 15 is 0 Å². The Morgan fingerprint density at radius 1 is 1.36 bits per heavy atom. The summed E-state index contributed by atoms with van der Waals surface area (Å²) in [6, 6.07) is 0.473.